The molecule has 0 heterocycles. The first-order valence-electron chi connectivity index (χ1n) is 3.35. The quantitative estimate of drug-likeness (QED) is 0.309. The molecule has 0 spiro atoms. The van der Waals surface area contributed by atoms with Gasteiger partial charge in [-0.2, -0.15) is 5.01 Å². The molecule has 4 amide bonds. The third kappa shape index (κ3) is 2.73. The maximum atomic E-state index is 10.8. The van der Waals surface area contributed by atoms with Crippen LogP contribution in [0.3, 0.4) is 0 Å². The van der Waals surface area contributed by atoms with Crippen LogP contribution in [-0.2, 0) is 9.47 Å². The van der Waals surface area contributed by atoms with Gasteiger partial charge in [0.1, 0.15) is 0 Å². The number of carbonyl (C=O) groups excluding carboxylic acids is 2. The van der Waals surface area contributed by atoms with Gasteiger partial charge in [-0.05, 0) is 0 Å². The highest BCUT2D eigenvalue weighted by molar-refractivity contribution is 5.78. The molecule has 0 radical (unpaired) electrons. The number of hydrazine groups is 1. The fourth-order valence-corrected chi connectivity index (χ4v) is 0.641. The first kappa shape index (κ1) is 12.4. The fourth-order valence-electron chi connectivity index (χ4n) is 0.641. The molecule has 0 aromatic rings. The zero-order valence-corrected chi connectivity index (χ0v) is 7.68. The number of nitrogens with one attached hydrogen (secondary N) is 1. The van der Waals surface area contributed by atoms with Crippen molar-refractivity contribution in [1.29, 1.82) is 0 Å². The van der Waals surface area contributed by atoms with Crippen LogP contribution in [0.5, 0.6) is 0 Å². The summed E-state index contributed by atoms with van der Waals surface area (Å²) in [5, 5.41) is 9.61. The Bertz CT molecular complexity index is 228. The third-order valence-electron chi connectivity index (χ3n) is 1.26. The van der Waals surface area contributed by atoms with Crippen LogP contribution in [0.2, 0.25) is 0 Å². The summed E-state index contributed by atoms with van der Waals surface area (Å²) < 4.78 is 8.80. The first-order valence-corrected chi connectivity index (χ1v) is 3.35. The van der Waals surface area contributed by atoms with Gasteiger partial charge in [-0.15, -0.1) is 0 Å². The van der Waals surface area contributed by atoms with Gasteiger partial charge < -0.3 is 26.0 Å². The van der Waals surface area contributed by atoms with Crippen LogP contribution in [-0.4, -0.2) is 42.5 Å². The third-order valence-corrected chi connectivity index (χ3v) is 1.26. The standard InChI is InChI=1S/C5H12N4O5/c1-13-5(12,14-2)9(4(7)11)8-3(6)10/h12H,1-2H3,(H2,7,11)(H3,6,8,10). The molecule has 82 valence electrons. The maximum Gasteiger partial charge on any atom is 0.396 e. The zero-order chi connectivity index (χ0) is 11.4. The van der Waals surface area contributed by atoms with Gasteiger partial charge in [0.05, 0.1) is 0 Å². The summed E-state index contributed by atoms with van der Waals surface area (Å²) in [6, 6.07) is -2.33. The molecule has 0 atom stereocenters. The van der Waals surface area contributed by atoms with Crippen molar-refractivity contribution < 1.29 is 24.2 Å². The predicted molar refractivity (Wildman–Crippen MR) is 43.1 cm³/mol. The highest BCUT2D eigenvalue weighted by atomic mass is 16.8. The topological polar surface area (TPSA) is 140 Å². The summed E-state index contributed by atoms with van der Waals surface area (Å²) in [5.74, 6) is 0. The molecule has 0 fully saturated rings. The molecule has 9 heteroatoms. The molecule has 0 rings (SSSR count). The lowest BCUT2D eigenvalue weighted by Crippen LogP contribution is -2.64. The molecule has 6 N–H and O–H groups in total. The minimum Gasteiger partial charge on any atom is -0.350 e. The number of aliphatic hydroxyl groups is 1. The number of nitrogens with zero attached hydrogens (tertiary/aromatic N) is 1. The van der Waals surface area contributed by atoms with E-state index in [1.165, 1.54) is 0 Å². The Morgan fingerprint density at radius 3 is 2.00 bits per heavy atom. The monoisotopic (exact) mass is 208 g/mol. The Balaban J connectivity index is 4.78. The molecule has 0 saturated carbocycles. The van der Waals surface area contributed by atoms with Crippen molar-refractivity contribution in [1.82, 2.24) is 10.4 Å². The minimum atomic E-state index is -2.50. The summed E-state index contributed by atoms with van der Waals surface area (Å²) in [7, 11) is 2.06. The number of ether oxygens (including phenoxy) is 2. The molecule has 0 aliphatic rings. The van der Waals surface area contributed by atoms with Gasteiger partial charge in [0.25, 0.3) is 0 Å². The largest absolute Gasteiger partial charge is 0.396 e. The van der Waals surface area contributed by atoms with Gasteiger partial charge in [0, 0.05) is 14.2 Å². The maximum absolute atomic E-state index is 10.8. The highest BCUT2D eigenvalue weighted by Gasteiger charge is 2.39. The molecule has 0 aliphatic carbocycles. The Kier molecular flexibility index (Phi) is 4.08. The molecular formula is C5H12N4O5. The molecule has 0 unspecified atom stereocenters. The van der Waals surface area contributed by atoms with E-state index in [1.54, 1.807) is 5.43 Å². The number of hydrogen-bond donors (Lipinski definition) is 4. The Hall–Kier alpha value is -1.58. The lowest BCUT2D eigenvalue weighted by atomic mass is 10.8. The molecular weight excluding hydrogens is 196 g/mol. The average Bonchev–Trinajstić information content (AvgIpc) is 2.12. The highest BCUT2D eigenvalue weighted by Crippen LogP contribution is 2.10. The van der Waals surface area contributed by atoms with E-state index in [9.17, 15) is 14.7 Å². The summed E-state index contributed by atoms with van der Waals surface area (Å²) in [5.41, 5.74) is 11.3. The molecule has 0 bridgehead atoms. The normalized spacial score (nSPS) is 10.8. The van der Waals surface area contributed by atoms with E-state index in [1.807, 2.05) is 0 Å². The van der Waals surface area contributed by atoms with Crippen LogP contribution < -0.4 is 16.9 Å². The number of primary amides is 2. The van der Waals surface area contributed by atoms with Gasteiger partial charge >= 0.3 is 18.2 Å². The molecule has 0 saturated heterocycles. The van der Waals surface area contributed by atoms with Crippen LogP contribution in [0.4, 0.5) is 9.59 Å². The van der Waals surface area contributed by atoms with Crippen molar-refractivity contribution in [3.63, 3.8) is 0 Å². The number of methoxy groups -OCH3 is 2. The smallest absolute Gasteiger partial charge is 0.350 e. The van der Waals surface area contributed by atoms with Gasteiger partial charge in [-0.25, -0.2) is 15.0 Å². The van der Waals surface area contributed by atoms with Crippen LogP contribution in [0.25, 0.3) is 0 Å². The predicted octanol–water partition coefficient (Wildman–Crippen LogP) is -2.15. The zero-order valence-electron chi connectivity index (χ0n) is 7.68. The Morgan fingerprint density at radius 1 is 1.36 bits per heavy atom. The minimum absolute atomic E-state index is 0.190. The van der Waals surface area contributed by atoms with Crippen molar-refractivity contribution in [2.75, 3.05) is 14.2 Å². The molecule has 0 aromatic heterocycles. The van der Waals surface area contributed by atoms with Crippen molar-refractivity contribution in [3.8, 4) is 0 Å². The second kappa shape index (κ2) is 4.60. The lowest BCUT2D eigenvalue weighted by Gasteiger charge is -2.33. The number of rotatable bonds is 3. The second-order valence-corrected chi connectivity index (χ2v) is 2.11. The summed E-state index contributed by atoms with van der Waals surface area (Å²) in [6.07, 6.45) is -2.50. The number of hydrogen-bond acceptors (Lipinski definition) is 5. The molecule has 9 nitrogen and oxygen atoms in total. The Morgan fingerprint density at radius 2 is 1.79 bits per heavy atom. The lowest BCUT2D eigenvalue weighted by molar-refractivity contribution is -0.406. The van der Waals surface area contributed by atoms with Gasteiger partial charge in [-0.3, -0.25) is 0 Å². The van der Waals surface area contributed by atoms with E-state index >= 15 is 0 Å². The second-order valence-electron chi connectivity index (χ2n) is 2.11. The first-order chi connectivity index (χ1) is 6.37. The average molecular weight is 208 g/mol. The van der Waals surface area contributed by atoms with E-state index in [-0.39, 0.29) is 5.01 Å². The molecule has 0 aliphatic heterocycles. The van der Waals surface area contributed by atoms with Crippen molar-refractivity contribution in [3.05, 3.63) is 0 Å². The van der Waals surface area contributed by atoms with E-state index < -0.39 is 18.2 Å². The van der Waals surface area contributed by atoms with Crippen LogP contribution in [0.15, 0.2) is 0 Å². The Labute approximate surface area is 79.5 Å². The van der Waals surface area contributed by atoms with Gasteiger partial charge in [0.15, 0.2) is 0 Å². The summed E-state index contributed by atoms with van der Waals surface area (Å²) in [6.45, 7) is 0. The van der Waals surface area contributed by atoms with Gasteiger partial charge in [-0.1, -0.05) is 0 Å². The fraction of sp³-hybridized carbons (Fsp3) is 0.600. The number of urea groups is 2. The summed E-state index contributed by atoms with van der Waals surface area (Å²) in [4.78, 5) is 21.2. The van der Waals surface area contributed by atoms with Crippen molar-refractivity contribution >= 4 is 12.1 Å². The van der Waals surface area contributed by atoms with Crippen LogP contribution in [0, 0.1) is 0 Å². The van der Waals surface area contributed by atoms with Gasteiger partial charge in [0.2, 0.25) is 0 Å². The van der Waals surface area contributed by atoms with Crippen molar-refractivity contribution in [2.24, 2.45) is 11.5 Å². The number of carbonyl (C=O) groups is 2. The van der Waals surface area contributed by atoms with Crippen LogP contribution in [0.1, 0.15) is 0 Å². The summed E-state index contributed by atoms with van der Waals surface area (Å²) >= 11 is 0. The van der Waals surface area contributed by atoms with E-state index in [4.69, 9.17) is 11.5 Å². The van der Waals surface area contributed by atoms with E-state index in [0.717, 1.165) is 14.2 Å². The van der Waals surface area contributed by atoms with Crippen LogP contribution >= 0.6 is 0 Å². The molecule has 0 aromatic carbocycles. The number of nitrogens with two attached hydrogens (primary N) is 2. The van der Waals surface area contributed by atoms with E-state index in [0.29, 0.717) is 0 Å². The molecule has 14 heavy (non-hydrogen) atoms. The SMILES string of the molecule is COC(O)(OC)N(NC(N)=O)C(N)=O. The number of amides is 4. The van der Waals surface area contributed by atoms with E-state index in [2.05, 4.69) is 9.47 Å². The van der Waals surface area contributed by atoms with Crippen molar-refractivity contribution in [2.45, 2.75) is 6.10 Å².